The van der Waals surface area contributed by atoms with Crippen LogP contribution in [-0.2, 0) is 66.7 Å². The summed E-state index contributed by atoms with van der Waals surface area (Å²) in [5, 5.41) is 55.2. The minimum atomic E-state index is -1.09. The zero-order valence-electron chi connectivity index (χ0n) is 47.0. The van der Waals surface area contributed by atoms with Crippen LogP contribution in [0.3, 0.4) is 0 Å². The van der Waals surface area contributed by atoms with E-state index >= 15 is 0 Å². The van der Waals surface area contributed by atoms with Gasteiger partial charge in [-0.3, -0.25) is 28.8 Å². The van der Waals surface area contributed by atoms with Crippen molar-refractivity contribution >= 4 is 35.3 Å². The molecule has 5 amide bonds. The molecule has 0 aromatic carbocycles. The fourth-order valence-electron chi connectivity index (χ4n) is 9.48. The lowest BCUT2D eigenvalue weighted by Crippen LogP contribution is -2.57. The second kappa shape index (κ2) is 36.8. The maximum atomic E-state index is 13.0. The first kappa shape index (κ1) is 67.0. The van der Waals surface area contributed by atoms with E-state index in [1.54, 1.807) is 0 Å². The summed E-state index contributed by atoms with van der Waals surface area (Å²) in [5.41, 5.74) is -2.42. The number of carbonyl (C=O) groups excluding carboxylic acids is 6. The molecule has 8 atom stereocenters. The molecule has 23 heteroatoms. The lowest BCUT2D eigenvalue weighted by molar-refractivity contribution is -0.224. The Morgan fingerprint density at radius 3 is 1.27 bits per heavy atom. The van der Waals surface area contributed by atoms with Crippen LogP contribution in [0, 0.1) is 5.41 Å². The Balaban J connectivity index is 1.01. The molecule has 4 aliphatic rings. The number of aliphatic hydroxyl groups excluding tert-OH is 4. The second-order valence-corrected chi connectivity index (χ2v) is 22.4. The van der Waals surface area contributed by atoms with E-state index in [0.29, 0.717) is 109 Å². The Morgan fingerprint density at radius 1 is 0.474 bits per heavy atom. The molecule has 9 N–H and O–H groups in total. The fourth-order valence-corrected chi connectivity index (χ4v) is 9.48. The lowest BCUT2D eigenvalue weighted by Gasteiger charge is -2.38. The molecule has 0 saturated carbocycles. The Kier molecular flexibility index (Phi) is 31.6. The summed E-state index contributed by atoms with van der Waals surface area (Å²) in [5.74, 6) is -0.464. The standard InChI is InChI=1S/C55H97N5O18/c1-53(2,3)43(63)18-10-8-6-4-5-7-9-11-21-48(68)60-40(34-71-30-22-46(66)58-26-16-24-56-44(64)19-12-14-28-73-36-54-38-75-49(77-54)32-41(61)51(54)69)35-72-31-23-47(67)59-27-17-25-57-45(65)20-13-15-29-74-37-55-39-76-50(78-55)33-42(62)52(55)70/h40-42,49-52,61-62,69-70H,4-39H2,1-3H3,(H,56,64)(H,57,65)(H,58,66)(H,59,67)(H,60,68)/t41-,42-,49+,50+,51-,52-,54+,55+/m1/s1. The van der Waals surface area contributed by atoms with Gasteiger partial charge in [0.1, 0.15) is 29.2 Å². The van der Waals surface area contributed by atoms with E-state index in [1.165, 1.54) is 0 Å². The molecule has 4 fully saturated rings. The van der Waals surface area contributed by atoms with E-state index in [0.717, 1.165) is 51.4 Å². The average Bonchev–Trinajstić information content (AvgIpc) is 4.06. The van der Waals surface area contributed by atoms with Gasteiger partial charge in [0.15, 0.2) is 12.6 Å². The number of ether oxygens (including phenoxy) is 8. The summed E-state index contributed by atoms with van der Waals surface area (Å²) in [4.78, 5) is 74.7. The third-order valence-corrected chi connectivity index (χ3v) is 14.4. The smallest absolute Gasteiger partial charge is 0.222 e. The lowest BCUT2D eigenvalue weighted by atomic mass is 9.88. The fraction of sp³-hybridized carbons (Fsp3) is 0.891. The second-order valence-electron chi connectivity index (χ2n) is 22.4. The molecule has 23 nitrogen and oxygen atoms in total. The van der Waals surface area contributed by atoms with Crippen molar-refractivity contribution in [3.8, 4) is 0 Å². The van der Waals surface area contributed by atoms with Crippen LogP contribution < -0.4 is 26.6 Å². The molecule has 450 valence electrons. The summed E-state index contributed by atoms with van der Waals surface area (Å²) in [6.45, 7) is 9.05. The SMILES string of the molecule is CC(C)(C)C(=O)CCCCCCCCCCC(=O)NC(COCCC(=O)NCCCNC(=O)CCCCOC[C@]12CO[C@H](C[C@@H](O)[C@H]1O)O2)COCCC(=O)NCCCNC(=O)CCCCOC[C@]12CO[C@H](C[C@@H](O)[C@H]1O)O2. The van der Waals surface area contributed by atoms with Crippen LogP contribution in [0.1, 0.15) is 162 Å². The third kappa shape index (κ3) is 26.0. The highest BCUT2D eigenvalue weighted by Gasteiger charge is 2.56. The molecule has 0 aromatic heterocycles. The molecule has 0 radical (unpaired) electrons. The van der Waals surface area contributed by atoms with Crippen molar-refractivity contribution in [3.63, 3.8) is 0 Å². The predicted molar refractivity (Wildman–Crippen MR) is 284 cm³/mol. The van der Waals surface area contributed by atoms with Crippen LogP contribution >= 0.6 is 0 Å². The van der Waals surface area contributed by atoms with Gasteiger partial charge in [-0.15, -0.1) is 0 Å². The number of aliphatic hydroxyl groups is 4. The number of fused-ring (bicyclic) bond motifs is 4. The maximum Gasteiger partial charge on any atom is 0.222 e. The number of rotatable bonds is 44. The number of ketones is 1. The normalized spacial score (nSPS) is 24.5. The van der Waals surface area contributed by atoms with Gasteiger partial charge in [0.05, 0.1) is 71.1 Å². The van der Waals surface area contributed by atoms with Gasteiger partial charge in [0.25, 0.3) is 0 Å². The predicted octanol–water partition coefficient (Wildman–Crippen LogP) is 1.89. The number of amides is 5. The van der Waals surface area contributed by atoms with Crippen molar-refractivity contribution in [1.29, 1.82) is 0 Å². The number of Topliss-reactive ketones (excluding diaryl/α,β-unsaturated/α-hetero) is 1. The molecule has 4 bridgehead atoms. The number of nitrogens with one attached hydrogen (secondary N) is 5. The number of unbranched alkanes of at least 4 members (excludes halogenated alkanes) is 9. The minimum absolute atomic E-state index is 0.0885. The highest BCUT2D eigenvalue weighted by Crippen LogP contribution is 2.38. The molecular formula is C55H97N5O18. The van der Waals surface area contributed by atoms with Crippen LogP contribution in [0.15, 0.2) is 0 Å². The summed E-state index contributed by atoms with van der Waals surface area (Å²) in [6.07, 6.45) is 8.62. The minimum Gasteiger partial charge on any atom is -0.390 e. The first-order valence-electron chi connectivity index (χ1n) is 28.9. The molecule has 4 heterocycles. The Bertz CT molecular complexity index is 1680. The molecule has 4 rings (SSSR count). The molecule has 0 spiro atoms. The van der Waals surface area contributed by atoms with Crippen molar-refractivity contribution in [1.82, 2.24) is 26.6 Å². The molecule has 4 aliphatic heterocycles. The van der Waals surface area contributed by atoms with Crippen LogP contribution in [0.4, 0.5) is 0 Å². The zero-order valence-corrected chi connectivity index (χ0v) is 47.0. The molecule has 0 unspecified atom stereocenters. The van der Waals surface area contributed by atoms with Gasteiger partial charge >= 0.3 is 0 Å². The third-order valence-electron chi connectivity index (χ3n) is 14.4. The highest BCUT2D eigenvalue weighted by molar-refractivity contribution is 5.83. The van der Waals surface area contributed by atoms with Crippen molar-refractivity contribution in [2.45, 2.75) is 216 Å². The maximum absolute atomic E-state index is 13.0. The topological polar surface area (TPSA) is 317 Å². The largest absolute Gasteiger partial charge is 0.390 e. The monoisotopic (exact) mass is 1120 g/mol. The van der Waals surface area contributed by atoms with Gasteiger partial charge in [-0.05, 0) is 51.4 Å². The van der Waals surface area contributed by atoms with E-state index in [4.69, 9.17) is 37.9 Å². The summed E-state index contributed by atoms with van der Waals surface area (Å²) in [7, 11) is 0. The molecule has 0 aliphatic carbocycles. The van der Waals surface area contributed by atoms with Gasteiger partial charge in [0, 0.05) is 96.2 Å². The van der Waals surface area contributed by atoms with E-state index in [-0.39, 0.29) is 113 Å². The number of hydrogen-bond acceptors (Lipinski definition) is 18. The summed E-state index contributed by atoms with van der Waals surface area (Å²) >= 11 is 0. The van der Waals surface area contributed by atoms with Crippen molar-refractivity contribution in [2.24, 2.45) is 5.41 Å². The van der Waals surface area contributed by atoms with E-state index in [2.05, 4.69) is 26.6 Å². The summed E-state index contributed by atoms with van der Waals surface area (Å²) in [6, 6.07) is -0.504. The Hall–Kier alpha value is -3.46. The van der Waals surface area contributed by atoms with Crippen LogP contribution in [0.25, 0.3) is 0 Å². The van der Waals surface area contributed by atoms with Crippen LogP contribution in [0.2, 0.25) is 0 Å². The number of carbonyl (C=O) groups is 6. The highest BCUT2D eigenvalue weighted by atomic mass is 16.8. The molecule has 0 aromatic rings. The van der Waals surface area contributed by atoms with Crippen molar-refractivity contribution < 1.29 is 87.1 Å². The van der Waals surface area contributed by atoms with Gasteiger partial charge in [0.2, 0.25) is 29.5 Å². The van der Waals surface area contributed by atoms with Crippen molar-refractivity contribution in [3.05, 3.63) is 0 Å². The van der Waals surface area contributed by atoms with E-state index in [9.17, 15) is 49.2 Å². The molecule has 78 heavy (non-hydrogen) atoms. The molecule has 4 saturated heterocycles. The van der Waals surface area contributed by atoms with Gasteiger partial charge in [-0.2, -0.15) is 0 Å². The van der Waals surface area contributed by atoms with Gasteiger partial charge in [-0.1, -0.05) is 59.3 Å². The first-order chi connectivity index (χ1) is 37.4. The quantitative estimate of drug-likeness (QED) is 0.0394. The van der Waals surface area contributed by atoms with Crippen LogP contribution in [0.5, 0.6) is 0 Å². The molecular weight excluding hydrogens is 1020 g/mol. The Morgan fingerprint density at radius 2 is 0.846 bits per heavy atom. The number of hydrogen-bond donors (Lipinski definition) is 9. The van der Waals surface area contributed by atoms with Crippen LogP contribution in [-0.4, -0.2) is 202 Å². The van der Waals surface area contributed by atoms with E-state index < -0.39 is 54.2 Å². The van der Waals surface area contributed by atoms with Gasteiger partial charge in [-0.25, -0.2) is 0 Å². The van der Waals surface area contributed by atoms with E-state index in [1.807, 2.05) is 20.8 Å². The first-order valence-corrected chi connectivity index (χ1v) is 28.9. The average molecular weight is 1120 g/mol. The zero-order chi connectivity index (χ0) is 56.7. The summed E-state index contributed by atoms with van der Waals surface area (Å²) < 4.78 is 45.4. The van der Waals surface area contributed by atoms with Gasteiger partial charge < -0.3 is 84.9 Å². The van der Waals surface area contributed by atoms with Crippen molar-refractivity contribution in [2.75, 3.05) is 92.2 Å². The Labute approximate surface area is 461 Å².